The zero-order chi connectivity index (χ0) is 10.1. The van der Waals surface area contributed by atoms with Crippen molar-refractivity contribution in [3.8, 4) is 0 Å². The second-order valence-corrected chi connectivity index (χ2v) is 4.21. The Labute approximate surface area is 85.0 Å². The minimum absolute atomic E-state index is 0.616. The molecular weight excluding hydrogens is 174 g/mol. The summed E-state index contributed by atoms with van der Waals surface area (Å²) in [6, 6.07) is 2.05. The molecule has 0 aliphatic heterocycles. The predicted octanol–water partition coefficient (Wildman–Crippen LogP) is 1.63. The van der Waals surface area contributed by atoms with Gasteiger partial charge in [-0.3, -0.25) is 0 Å². The van der Waals surface area contributed by atoms with Crippen LogP contribution < -0.4 is 5.32 Å². The van der Waals surface area contributed by atoms with Crippen LogP contribution in [0.1, 0.15) is 36.5 Å². The molecule has 3 heteroatoms. The van der Waals surface area contributed by atoms with Gasteiger partial charge in [-0.05, 0) is 32.4 Å². The van der Waals surface area contributed by atoms with Gasteiger partial charge in [0.05, 0.1) is 5.69 Å². The Morgan fingerprint density at radius 1 is 1.50 bits per heavy atom. The minimum atomic E-state index is 0.616. The summed E-state index contributed by atoms with van der Waals surface area (Å²) >= 11 is 0. The summed E-state index contributed by atoms with van der Waals surface area (Å²) in [7, 11) is 1.94. The second-order valence-electron chi connectivity index (χ2n) is 4.21. The molecule has 1 heterocycles. The summed E-state index contributed by atoms with van der Waals surface area (Å²) in [5, 5.41) is 3.12. The largest absolute Gasteiger partial charge is 0.314 e. The van der Waals surface area contributed by atoms with Crippen LogP contribution in [-0.4, -0.2) is 17.0 Å². The molecule has 14 heavy (non-hydrogen) atoms. The van der Waals surface area contributed by atoms with Crippen molar-refractivity contribution in [2.24, 2.45) is 5.92 Å². The van der Waals surface area contributed by atoms with E-state index in [0.717, 1.165) is 29.7 Å². The van der Waals surface area contributed by atoms with Crippen LogP contribution in [0.4, 0.5) is 0 Å². The maximum Gasteiger partial charge on any atom is 0.132 e. The van der Waals surface area contributed by atoms with Gasteiger partial charge in [0, 0.05) is 18.2 Å². The number of hydrogen-bond donors (Lipinski definition) is 1. The van der Waals surface area contributed by atoms with Crippen molar-refractivity contribution in [1.82, 2.24) is 15.3 Å². The monoisotopic (exact) mass is 191 g/mol. The molecule has 1 N–H and O–H groups in total. The Bertz CT molecular complexity index is 335. The molecule has 2 atom stereocenters. The highest BCUT2D eigenvalue weighted by Gasteiger charge is 2.36. The van der Waals surface area contributed by atoms with E-state index in [0.29, 0.717) is 5.92 Å². The lowest BCUT2D eigenvalue weighted by atomic mass is 10.2. The van der Waals surface area contributed by atoms with Crippen LogP contribution in [0.2, 0.25) is 0 Å². The number of nitrogens with one attached hydrogen (secondary N) is 1. The van der Waals surface area contributed by atoms with E-state index in [1.54, 1.807) is 0 Å². The van der Waals surface area contributed by atoms with E-state index in [9.17, 15) is 0 Å². The maximum atomic E-state index is 4.56. The summed E-state index contributed by atoms with van der Waals surface area (Å²) in [6.07, 6.45) is 1.25. The number of rotatable bonds is 3. The van der Waals surface area contributed by atoms with Crippen molar-refractivity contribution in [3.05, 3.63) is 23.3 Å². The van der Waals surface area contributed by atoms with Crippen molar-refractivity contribution >= 4 is 0 Å². The average Bonchev–Trinajstić information content (AvgIpc) is 2.82. The fourth-order valence-corrected chi connectivity index (χ4v) is 1.78. The van der Waals surface area contributed by atoms with E-state index in [2.05, 4.69) is 22.2 Å². The Morgan fingerprint density at radius 3 is 2.79 bits per heavy atom. The molecule has 76 valence electrons. The van der Waals surface area contributed by atoms with Gasteiger partial charge in [-0.2, -0.15) is 0 Å². The Balaban J connectivity index is 2.23. The number of nitrogens with zero attached hydrogens (tertiary/aromatic N) is 2. The third-order valence-corrected chi connectivity index (χ3v) is 2.72. The fourth-order valence-electron chi connectivity index (χ4n) is 1.78. The topological polar surface area (TPSA) is 37.8 Å². The lowest BCUT2D eigenvalue weighted by molar-refractivity contribution is 0.751. The Morgan fingerprint density at radius 2 is 2.21 bits per heavy atom. The number of aryl methyl sites for hydroxylation is 1. The van der Waals surface area contributed by atoms with Crippen LogP contribution in [-0.2, 0) is 6.54 Å². The molecule has 1 aliphatic rings. The second kappa shape index (κ2) is 3.65. The Kier molecular flexibility index (Phi) is 2.50. The van der Waals surface area contributed by atoms with Gasteiger partial charge >= 0.3 is 0 Å². The van der Waals surface area contributed by atoms with E-state index in [-0.39, 0.29) is 0 Å². The maximum absolute atomic E-state index is 4.56. The van der Waals surface area contributed by atoms with E-state index in [1.807, 2.05) is 20.0 Å². The molecule has 0 saturated heterocycles. The Hall–Kier alpha value is -0.960. The van der Waals surface area contributed by atoms with Crippen LogP contribution in [0.25, 0.3) is 0 Å². The average molecular weight is 191 g/mol. The summed E-state index contributed by atoms with van der Waals surface area (Å²) in [5.74, 6) is 2.44. The van der Waals surface area contributed by atoms with Gasteiger partial charge in [-0.25, -0.2) is 9.97 Å². The van der Waals surface area contributed by atoms with Gasteiger partial charge in [0.25, 0.3) is 0 Å². The highest BCUT2D eigenvalue weighted by molar-refractivity contribution is 5.16. The molecule has 3 nitrogen and oxygen atoms in total. The van der Waals surface area contributed by atoms with Crippen molar-refractivity contribution < 1.29 is 0 Å². The molecule has 2 rings (SSSR count). The van der Waals surface area contributed by atoms with Crippen molar-refractivity contribution in [2.75, 3.05) is 7.05 Å². The predicted molar refractivity (Wildman–Crippen MR) is 56.1 cm³/mol. The summed E-state index contributed by atoms with van der Waals surface area (Å²) in [5.41, 5.74) is 2.19. The molecule has 1 saturated carbocycles. The van der Waals surface area contributed by atoms with E-state index >= 15 is 0 Å². The summed E-state index contributed by atoms with van der Waals surface area (Å²) in [6.45, 7) is 5.13. The quantitative estimate of drug-likeness (QED) is 0.789. The fraction of sp³-hybridized carbons (Fsp3) is 0.636. The van der Waals surface area contributed by atoms with Crippen LogP contribution in [0, 0.1) is 12.8 Å². The first kappa shape index (κ1) is 9.59. The highest BCUT2D eigenvalue weighted by Crippen LogP contribution is 2.45. The molecule has 0 aromatic carbocycles. The first-order valence-electron chi connectivity index (χ1n) is 5.19. The van der Waals surface area contributed by atoms with E-state index < -0.39 is 0 Å². The molecule has 2 unspecified atom stereocenters. The first-order valence-corrected chi connectivity index (χ1v) is 5.19. The third-order valence-electron chi connectivity index (χ3n) is 2.72. The van der Waals surface area contributed by atoms with Crippen molar-refractivity contribution in [2.45, 2.75) is 32.7 Å². The van der Waals surface area contributed by atoms with Gasteiger partial charge in [-0.1, -0.05) is 6.92 Å². The van der Waals surface area contributed by atoms with Crippen molar-refractivity contribution in [3.63, 3.8) is 0 Å². The molecular formula is C11H17N3. The van der Waals surface area contributed by atoms with Gasteiger partial charge in [0.2, 0.25) is 0 Å². The molecule has 1 aliphatic carbocycles. The summed E-state index contributed by atoms with van der Waals surface area (Å²) < 4.78 is 0. The normalized spacial score (nSPS) is 25.1. The number of aromatic nitrogens is 2. The first-order chi connectivity index (χ1) is 6.70. The molecule has 1 aromatic heterocycles. The molecule has 1 fully saturated rings. The smallest absolute Gasteiger partial charge is 0.132 e. The van der Waals surface area contributed by atoms with Gasteiger partial charge in [0.1, 0.15) is 5.82 Å². The third kappa shape index (κ3) is 1.93. The highest BCUT2D eigenvalue weighted by atomic mass is 14.9. The van der Waals surface area contributed by atoms with Crippen LogP contribution in [0.15, 0.2) is 6.07 Å². The van der Waals surface area contributed by atoms with Crippen LogP contribution in [0.3, 0.4) is 0 Å². The van der Waals surface area contributed by atoms with Gasteiger partial charge in [-0.15, -0.1) is 0 Å². The molecule has 1 aromatic rings. The molecule has 0 bridgehead atoms. The van der Waals surface area contributed by atoms with Crippen molar-refractivity contribution in [1.29, 1.82) is 0 Å². The standard InChI is InChI=1S/C11H17N3/c1-7-4-10(7)11-13-8(2)5-9(14-11)6-12-3/h5,7,10,12H,4,6H2,1-3H3. The zero-order valence-corrected chi connectivity index (χ0v) is 9.04. The molecule has 0 radical (unpaired) electrons. The minimum Gasteiger partial charge on any atom is -0.314 e. The van der Waals surface area contributed by atoms with Gasteiger partial charge < -0.3 is 5.32 Å². The molecule has 0 amide bonds. The SMILES string of the molecule is CNCc1cc(C)nc(C2CC2C)n1. The van der Waals surface area contributed by atoms with Crippen LogP contribution in [0.5, 0.6) is 0 Å². The van der Waals surface area contributed by atoms with Crippen LogP contribution >= 0.6 is 0 Å². The lowest BCUT2D eigenvalue weighted by Gasteiger charge is -2.04. The summed E-state index contributed by atoms with van der Waals surface area (Å²) in [4.78, 5) is 9.05. The van der Waals surface area contributed by atoms with E-state index in [1.165, 1.54) is 6.42 Å². The zero-order valence-electron chi connectivity index (χ0n) is 9.04. The molecule has 0 spiro atoms. The number of hydrogen-bond acceptors (Lipinski definition) is 3. The van der Waals surface area contributed by atoms with E-state index in [4.69, 9.17) is 0 Å². The van der Waals surface area contributed by atoms with Gasteiger partial charge in [0.15, 0.2) is 0 Å². The lowest BCUT2D eigenvalue weighted by Crippen LogP contribution is -2.09.